The molecule has 1 aromatic heterocycles. The molecule has 1 amide bonds. The number of aromatic nitrogens is 1. The molecule has 4 rings (SSSR count). The normalized spacial score (nSPS) is 12.1. The monoisotopic (exact) mass is 670 g/mol. The van der Waals surface area contributed by atoms with E-state index in [-0.39, 0.29) is 4.90 Å². The molecule has 0 unspecified atom stereocenters. The van der Waals surface area contributed by atoms with Crippen molar-refractivity contribution in [1.82, 2.24) is 9.99 Å². The minimum absolute atomic E-state index is 0.218. The van der Waals surface area contributed by atoms with Gasteiger partial charge in [0.05, 0.1) is 43.1 Å². The molecule has 1 N–H and O–H groups in total. The SMILES string of the molecule is Cc1ccc(S(=O)(=O)N(CC(=O)N/N=C/c2cc(C)n(-c3cccc(Cl)c3Cl)c2C)c2ccc(Cl)c(C(F)(F)F)c2)cc1. The smallest absolute Gasteiger partial charge is 0.316 e. The third-order valence-electron chi connectivity index (χ3n) is 6.47. The second kappa shape index (κ2) is 12.6. The first kappa shape index (κ1) is 32.4. The first-order valence-electron chi connectivity index (χ1n) is 12.5. The Morgan fingerprint density at radius 1 is 0.977 bits per heavy atom. The Bertz CT molecular complexity index is 1820. The van der Waals surface area contributed by atoms with Crippen molar-refractivity contribution in [3.8, 4) is 5.69 Å². The number of benzene rings is 3. The third-order valence-corrected chi connectivity index (χ3v) is 9.40. The van der Waals surface area contributed by atoms with E-state index < -0.39 is 44.9 Å². The number of alkyl halides is 3. The molecule has 0 bridgehead atoms. The summed E-state index contributed by atoms with van der Waals surface area (Å²) in [5.74, 6) is -0.901. The second-order valence-corrected chi connectivity index (χ2v) is 12.6. The van der Waals surface area contributed by atoms with Gasteiger partial charge in [0.2, 0.25) is 0 Å². The van der Waals surface area contributed by atoms with Gasteiger partial charge < -0.3 is 4.57 Å². The van der Waals surface area contributed by atoms with Crippen LogP contribution in [0.1, 0.15) is 28.1 Å². The topological polar surface area (TPSA) is 83.8 Å². The van der Waals surface area contributed by atoms with E-state index in [4.69, 9.17) is 34.8 Å². The van der Waals surface area contributed by atoms with Gasteiger partial charge in [-0.25, -0.2) is 13.8 Å². The van der Waals surface area contributed by atoms with Crippen molar-refractivity contribution in [3.63, 3.8) is 0 Å². The lowest BCUT2D eigenvalue weighted by Crippen LogP contribution is -2.39. The molecule has 43 heavy (non-hydrogen) atoms. The summed E-state index contributed by atoms with van der Waals surface area (Å²) < 4.78 is 70.3. The minimum atomic E-state index is -4.86. The van der Waals surface area contributed by atoms with Gasteiger partial charge in [-0.05, 0) is 69.3 Å². The molecule has 0 spiro atoms. The summed E-state index contributed by atoms with van der Waals surface area (Å²) in [7, 11) is -4.48. The van der Waals surface area contributed by atoms with Gasteiger partial charge in [-0.3, -0.25) is 9.10 Å². The predicted octanol–water partition coefficient (Wildman–Crippen LogP) is 7.73. The largest absolute Gasteiger partial charge is 0.417 e. The number of anilines is 1. The molecule has 0 fully saturated rings. The number of halogens is 6. The maximum atomic E-state index is 13.6. The van der Waals surface area contributed by atoms with E-state index in [2.05, 4.69) is 10.5 Å². The van der Waals surface area contributed by atoms with Crippen molar-refractivity contribution in [1.29, 1.82) is 0 Å². The molecule has 0 atom stereocenters. The van der Waals surface area contributed by atoms with Crippen LogP contribution in [0, 0.1) is 20.8 Å². The van der Waals surface area contributed by atoms with Gasteiger partial charge >= 0.3 is 6.18 Å². The van der Waals surface area contributed by atoms with E-state index in [1.54, 1.807) is 31.2 Å². The van der Waals surface area contributed by atoms with Crippen LogP contribution in [-0.4, -0.2) is 31.7 Å². The highest BCUT2D eigenvalue weighted by atomic mass is 35.5. The number of hydrazone groups is 1. The van der Waals surface area contributed by atoms with Crippen LogP contribution in [0.5, 0.6) is 0 Å². The number of hydrogen-bond donors (Lipinski definition) is 1. The molecule has 0 saturated heterocycles. The van der Waals surface area contributed by atoms with E-state index >= 15 is 0 Å². The Balaban J connectivity index is 1.63. The van der Waals surface area contributed by atoms with Crippen molar-refractivity contribution in [2.75, 3.05) is 10.8 Å². The van der Waals surface area contributed by atoms with Gasteiger partial charge in [0.1, 0.15) is 6.54 Å². The number of nitrogens with one attached hydrogen (secondary N) is 1. The zero-order valence-corrected chi connectivity index (χ0v) is 26.0. The fourth-order valence-corrected chi connectivity index (χ4v) is 6.35. The van der Waals surface area contributed by atoms with E-state index in [0.29, 0.717) is 31.7 Å². The van der Waals surface area contributed by atoms with Crippen LogP contribution in [0.4, 0.5) is 18.9 Å². The summed E-state index contributed by atoms with van der Waals surface area (Å²) in [5, 5.41) is 4.07. The Morgan fingerprint density at radius 3 is 2.30 bits per heavy atom. The molecule has 7 nitrogen and oxygen atoms in total. The zero-order chi connectivity index (χ0) is 31.7. The van der Waals surface area contributed by atoms with Gasteiger partial charge in [-0.15, -0.1) is 0 Å². The average Bonchev–Trinajstić information content (AvgIpc) is 3.21. The maximum Gasteiger partial charge on any atom is 0.417 e. The number of carbonyl (C=O) groups is 1. The molecule has 4 aromatic rings. The summed E-state index contributed by atoms with van der Waals surface area (Å²) >= 11 is 18.3. The first-order chi connectivity index (χ1) is 20.1. The molecule has 3 aromatic carbocycles. The van der Waals surface area contributed by atoms with E-state index in [9.17, 15) is 26.4 Å². The summed E-state index contributed by atoms with van der Waals surface area (Å²) in [6.45, 7) is 4.52. The van der Waals surface area contributed by atoms with Crippen LogP contribution < -0.4 is 9.73 Å². The van der Waals surface area contributed by atoms with E-state index in [1.165, 1.54) is 30.5 Å². The Labute approximate surface area is 261 Å². The molecule has 0 aliphatic rings. The average molecular weight is 672 g/mol. The fourth-order valence-electron chi connectivity index (χ4n) is 4.33. The third kappa shape index (κ3) is 7.01. The molecule has 0 radical (unpaired) electrons. The highest BCUT2D eigenvalue weighted by molar-refractivity contribution is 7.92. The molecule has 0 aliphatic heterocycles. The number of nitrogens with zero attached hydrogens (tertiary/aromatic N) is 3. The van der Waals surface area contributed by atoms with Crippen LogP contribution in [0.2, 0.25) is 15.1 Å². The minimum Gasteiger partial charge on any atom is -0.316 e. The van der Waals surface area contributed by atoms with Gasteiger partial charge in [-0.1, -0.05) is 58.6 Å². The lowest BCUT2D eigenvalue weighted by Gasteiger charge is -2.25. The molecular formula is C29H24Cl3F3N4O3S. The Hall–Kier alpha value is -3.51. The molecule has 14 heteroatoms. The fraction of sp³-hybridized carbons (Fsp3) is 0.172. The van der Waals surface area contributed by atoms with Crippen molar-refractivity contribution in [2.45, 2.75) is 31.8 Å². The van der Waals surface area contributed by atoms with E-state index in [1.807, 2.05) is 18.4 Å². The van der Waals surface area contributed by atoms with Crippen molar-refractivity contribution in [2.24, 2.45) is 5.10 Å². The zero-order valence-electron chi connectivity index (χ0n) is 22.9. The summed E-state index contributed by atoms with van der Waals surface area (Å²) in [4.78, 5) is 12.7. The number of aryl methyl sites for hydroxylation is 2. The summed E-state index contributed by atoms with van der Waals surface area (Å²) in [5.41, 5.74) is 4.16. The van der Waals surface area contributed by atoms with Crippen molar-refractivity contribution < 1.29 is 26.4 Å². The molecule has 226 valence electrons. The van der Waals surface area contributed by atoms with Crippen LogP contribution in [0.15, 0.2) is 76.7 Å². The van der Waals surface area contributed by atoms with Crippen LogP contribution >= 0.6 is 34.8 Å². The van der Waals surface area contributed by atoms with Gasteiger partial charge in [-0.2, -0.15) is 18.3 Å². The maximum absolute atomic E-state index is 13.6. The molecule has 0 aliphatic carbocycles. The van der Waals surface area contributed by atoms with Gasteiger partial charge in [0.15, 0.2) is 0 Å². The summed E-state index contributed by atoms with van der Waals surface area (Å²) in [6, 6.07) is 15.3. The Kier molecular flexibility index (Phi) is 9.51. The first-order valence-corrected chi connectivity index (χ1v) is 15.1. The van der Waals surface area contributed by atoms with Crippen LogP contribution in [-0.2, 0) is 21.0 Å². The Morgan fingerprint density at radius 2 is 1.65 bits per heavy atom. The van der Waals surface area contributed by atoms with Crippen LogP contribution in [0.25, 0.3) is 5.69 Å². The van der Waals surface area contributed by atoms with Crippen LogP contribution in [0.3, 0.4) is 0 Å². The van der Waals surface area contributed by atoms with Crippen molar-refractivity contribution >= 4 is 62.6 Å². The lowest BCUT2D eigenvalue weighted by molar-refractivity contribution is -0.137. The highest BCUT2D eigenvalue weighted by Crippen LogP contribution is 2.38. The second-order valence-electron chi connectivity index (χ2n) is 9.51. The number of rotatable bonds is 8. The lowest BCUT2D eigenvalue weighted by atomic mass is 10.2. The summed E-state index contributed by atoms with van der Waals surface area (Å²) in [6.07, 6.45) is -3.50. The standard InChI is InChI=1S/C29H24Cl3F3N4O3S/c1-17-7-10-22(11-8-17)43(41,42)38(21-9-12-24(30)23(14-21)29(33,34)35)16-27(40)37-36-15-20-13-18(2)39(19(20)3)26-6-4-5-25(31)28(26)32/h4-15H,16H2,1-3H3,(H,37,40)/b36-15+. The molecular weight excluding hydrogens is 648 g/mol. The van der Waals surface area contributed by atoms with Gasteiger partial charge in [0, 0.05) is 17.0 Å². The molecule has 1 heterocycles. The highest BCUT2D eigenvalue weighted by Gasteiger charge is 2.35. The van der Waals surface area contributed by atoms with Gasteiger partial charge in [0.25, 0.3) is 15.9 Å². The number of hydrogen-bond acceptors (Lipinski definition) is 4. The quantitative estimate of drug-likeness (QED) is 0.154. The van der Waals surface area contributed by atoms with Crippen molar-refractivity contribution in [3.05, 3.63) is 110 Å². The number of amides is 1. The predicted molar refractivity (Wildman–Crippen MR) is 163 cm³/mol. The number of carbonyl (C=O) groups excluding carboxylic acids is 1. The number of sulfonamides is 1. The van der Waals surface area contributed by atoms with E-state index in [0.717, 1.165) is 29.1 Å². The molecule has 0 saturated carbocycles.